The number of rotatable bonds is 5. The Bertz CT molecular complexity index is 1060. The summed E-state index contributed by atoms with van der Waals surface area (Å²) in [6.07, 6.45) is 3.34. The van der Waals surface area contributed by atoms with Crippen LogP contribution in [0, 0.1) is 0 Å². The third-order valence-corrected chi connectivity index (χ3v) is 4.86. The minimum Gasteiger partial charge on any atom is -0.331 e. The lowest BCUT2D eigenvalue weighted by molar-refractivity contribution is 1.04. The summed E-state index contributed by atoms with van der Waals surface area (Å²) in [7, 11) is 0. The van der Waals surface area contributed by atoms with E-state index in [0.717, 1.165) is 21.3 Å². The van der Waals surface area contributed by atoms with E-state index in [2.05, 4.69) is 31.0 Å². The summed E-state index contributed by atoms with van der Waals surface area (Å²) in [5.41, 5.74) is 3.87. The zero-order valence-electron chi connectivity index (χ0n) is 13.4. The number of halogens is 1. The van der Waals surface area contributed by atoms with E-state index in [1.54, 1.807) is 12.4 Å². The van der Waals surface area contributed by atoms with Crippen molar-refractivity contribution in [3.63, 3.8) is 0 Å². The maximum absolute atomic E-state index is 6.20. The SMILES string of the molecule is Clc1nc(Nc2ccccc2)sc1/C=N/Nc1nncc2ccccc12. The van der Waals surface area contributed by atoms with E-state index in [9.17, 15) is 0 Å². The first-order valence-electron chi connectivity index (χ1n) is 7.77. The maximum atomic E-state index is 6.20. The molecule has 4 rings (SSSR count). The summed E-state index contributed by atoms with van der Waals surface area (Å²) >= 11 is 7.61. The molecular formula is C18H13ClN6S. The number of anilines is 3. The van der Waals surface area contributed by atoms with Crippen molar-refractivity contribution in [1.82, 2.24) is 15.2 Å². The first kappa shape index (κ1) is 16.4. The van der Waals surface area contributed by atoms with Gasteiger partial charge >= 0.3 is 0 Å². The zero-order valence-corrected chi connectivity index (χ0v) is 15.0. The molecule has 0 saturated heterocycles. The van der Waals surface area contributed by atoms with Gasteiger partial charge in [-0.3, -0.25) is 5.43 Å². The van der Waals surface area contributed by atoms with Crippen LogP contribution in [0.1, 0.15) is 4.88 Å². The minimum atomic E-state index is 0.392. The molecule has 0 spiro atoms. The number of aromatic nitrogens is 3. The molecule has 8 heteroatoms. The molecule has 2 aromatic heterocycles. The highest BCUT2D eigenvalue weighted by Crippen LogP contribution is 2.28. The molecule has 0 atom stereocenters. The number of nitrogens with zero attached hydrogens (tertiary/aromatic N) is 4. The van der Waals surface area contributed by atoms with Crippen molar-refractivity contribution in [1.29, 1.82) is 0 Å². The van der Waals surface area contributed by atoms with Gasteiger partial charge in [0.25, 0.3) is 0 Å². The van der Waals surface area contributed by atoms with Gasteiger partial charge in [-0.05, 0) is 12.1 Å². The van der Waals surface area contributed by atoms with Gasteiger partial charge in [0.2, 0.25) is 0 Å². The standard InChI is InChI=1S/C18H13ClN6S/c19-16-15(26-18(23-16)22-13-7-2-1-3-8-13)11-21-25-17-14-9-5-4-6-12(14)10-20-24-17/h1-11H,(H,22,23)(H,24,25)/b21-11+. The Morgan fingerprint density at radius 3 is 2.73 bits per heavy atom. The Kier molecular flexibility index (Phi) is 4.72. The van der Waals surface area contributed by atoms with E-state index in [0.29, 0.717) is 16.1 Å². The molecule has 6 nitrogen and oxygen atoms in total. The van der Waals surface area contributed by atoms with Crippen LogP contribution in [0.2, 0.25) is 5.15 Å². The molecular weight excluding hydrogens is 368 g/mol. The lowest BCUT2D eigenvalue weighted by atomic mass is 10.2. The molecule has 0 aliphatic rings. The number of fused-ring (bicyclic) bond motifs is 1. The van der Waals surface area contributed by atoms with Crippen LogP contribution in [0.25, 0.3) is 10.8 Å². The van der Waals surface area contributed by atoms with Gasteiger partial charge in [0.05, 0.1) is 17.3 Å². The normalized spacial score (nSPS) is 11.1. The number of hydrogen-bond donors (Lipinski definition) is 2. The first-order valence-corrected chi connectivity index (χ1v) is 8.97. The lowest BCUT2D eigenvalue weighted by Gasteiger charge is -2.02. The van der Waals surface area contributed by atoms with Crippen molar-refractivity contribution in [2.24, 2.45) is 5.10 Å². The van der Waals surface area contributed by atoms with Gasteiger partial charge in [0, 0.05) is 16.5 Å². The van der Waals surface area contributed by atoms with Crippen molar-refractivity contribution in [3.8, 4) is 0 Å². The molecule has 4 aromatic rings. The fourth-order valence-electron chi connectivity index (χ4n) is 2.35. The summed E-state index contributed by atoms with van der Waals surface area (Å²) in [5, 5.41) is 18.5. The number of para-hydroxylation sites is 1. The first-order chi connectivity index (χ1) is 12.8. The quantitative estimate of drug-likeness (QED) is 0.379. The van der Waals surface area contributed by atoms with Gasteiger partial charge in [-0.25, -0.2) is 4.98 Å². The number of hydrogen-bond acceptors (Lipinski definition) is 7. The van der Waals surface area contributed by atoms with Crippen LogP contribution in [0.15, 0.2) is 65.9 Å². The van der Waals surface area contributed by atoms with Gasteiger partial charge in [0.1, 0.15) is 0 Å². The maximum Gasteiger partial charge on any atom is 0.189 e. The molecule has 0 bridgehead atoms. The molecule has 2 N–H and O–H groups in total. The van der Waals surface area contributed by atoms with Crippen LogP contribution in [0.5, 0.6) is 0 Å². The molecule has 0 saturated carbocycles. The van der Waals surface area contributed by atoms with E-state index in [4.69, 9.17) is 11.6 Å². The molecule has 2 aromatic carbocycles. The largest absolute Gasteiger partial charge is 0.331 e. The summed E-state index contributed by atoms with van der Waals surface area (Å²) < 4.78 is 0. The van der Waals surface area contributed by atoms with Crippen molar-refractivity contribution in [3.05, 3.63) is 70.8 Å². The van der Waals surface area contributed by atoms with Crippen LogP contribution in [-0.4, -0.2) is 21.4 Å². The fourth-order valence-corrected chi connectivity index (χ4v) is 3.40. The average molecular weight is 381 g/mol. The average Bonchev–Trinajstić information content (AvgIpc) is 3.02. The molecule has 2 heterocycles. The predicted molar refractivity (Wildman–Crippen MR) is 108 cm³/mol. The van der Waals surface area contributed by atoms with Crippen molar-refractivity contribution >= 4 is 56.6 Å². The van der Waals surface area contributed by atoms with Gasteiger partial charge in [-0.1, -0.05) is 65.4 Å². The summed E-state index contributed by atoms with van der Waals surface area (Å²) in [6.45, 7) is 0. The zero-order chi connectivity index (χ0) is 17.8. The van der Waals surface area contributed by atoms with E-state index < -0.39 is 0 Å². The Morgan fingerprint density at radius 2 is 1.85 bits per heavy atom. The molecule has 0 amide bonds. The highest BCUT2D eigenvalue weighted by Gasteiger charge is 2.08. The highest BCUT2D eigenvalue weighted by atomic mass is 35.5. The topological polar surface area (TPSA) is 75.1 Å². The fraction of sp³-hybridized carbons (Fsp3) is 0. The Hall–Kier alpha value is -3.03. The predicted octanol–water partition coefficient (Wildman–Crippen LogP) is 4.93. The second-order valence-corrected chi connectivity index (χ2v) is 6.70. The van der Waals surface area contributed by atoms with Crippen LogP contribution in [-0.2, 0) is 0 Å². The van der Waals surface area contributed by atoms with Crippen LogP contribution >= 0.6 is 22.9 Å². The lowest BCUT2D eigenvalue weighted by Crippen LogP contribution is -1.96. The smallest absolute Gasteiger partial charge is 0.189 e. The number of thiazole rings is 1. The Morgan fingerprint density at radius 1 is 1.04 bits per heavy atom. The third-order valence-electron chi connectivity index (χ3n) is 3.56. The monoisotopic (exact) mass is 380 g/mol. The Balaban J connectivity index is 1.50. The van der Waals surface area contributed by atoms with Crippen molar-refractivity contribution in [2.45, 2.75) is 0 Å². The number of hydrazone groups is 1. The molecule has 0 aliphatic heterocycles. The van der Waals surface area contributed by atoms with Gasteiger partial charge in [-0.15, -0.1) is 5.10 Å². The summed E-state index contributed by atoms with van der Waals surface area (Å²) in [5.74, 6) is 0.586. The molecule has 26 heavy (non-hydrogen) atoms. The van der Waals surface area contributed by atoms with E-state index in [1.807, 2.05) is 54.6 Å². The minimum absolute atomic E-state index is 0.392. The van der Waals surface area contributed by atoms with Crippen LogP contribution in [0.4, 0.5) is 16.6 Å². The second kappa shape index (κ2) is 7.47. The molecule has 0 aliphatic carbocycles. The van der Waals surface area contributed by atoms with Crippen LogP contribution in [0.3, 0.4) is 0 Å². The third kappa shape index (κ3) is 3.63. The van der Waals surface area contributed by atoms with Crippen LogP contribution < -0.4 is 10.7 Å². The van der Waals surface area contributed by atoms with E-state index in [-0.39, 0.29) is 0 Å². The van der Waals surface area contributed by atoms with Gasteiger partial charge in [0.15, 0.2) is 16.1 Å². The highest BCUT2D eigenvalue weighted by molar-refractivity contribution is 7.17. The molecule has 128 valence electrons. The molecule has 0 unspecified atom stereocenters. The number of nitrogens with one attached hydrogen (secondary N) is 2. The molecule has 0 fully saturated rings. The summed E-state index contributed by atoms with van der Waals surface area (Å²) in [4.78, 5) is 5.05. The summed E-state index contributed by atoms with van der Waals surface area (Å²) in [6, 6.07) is 17.6. The van der Waals surface area contributed by atoms with Crippen molar-refractivity contribution < 1.29 is 0 Å². The van der Waals surface area contributed by atoms with E-state index >= 15 is 0 Å². The second-order valence-electron chi connectivity index (χ2n) is 5.32. The number of benzene rings is 2. The van der Waals surface area contributed by atoms with Gasteiger partial charge in [-0.2, -0.15) is 10.2 Å². The Labute approximate surface area is 158 Å². The van der Waals surface area contributed by atoms with Gasteiger partial charge < -0.3 is 5.32 Å². The van der Waals surface area contributed by atoms with E-state index in [1.165, 1.54) is 11.3 Å². The molecule has 0 radical (unpaired) electrons. The van der Waals surface area contributed by atoms with Crippen molar-refractivity contribution in [2.75, 3.05) is 10.7 Å².